The Morgan fingerprint density at radius 1 is 1.13 bits per heavy atom. The van der Waals surface area contributed by atoms with E-state index in [0.29, 0.717) is 12.1 Å². The zero-order valence-corrected chi connectivity index (χ0v) is 12.9. The van der Waals surface area contributed by atoms with Gasteiger partial charge in [0.15, 0.2) is 5.82 Å². The highest BCUT2D eigenvalue weighted by Crippen LogP contribution is 2.14. The van der Waals surface area contributed by atoms with E-state index < -0.39 is 0 Å². The van der Waals surface area contributed by atoms with Crippen LogP contribution < -0.4 is 10.6 Å². The van der Waals surface area contributed by atoms with Gasteiger partial charge in [0.1, 0.15) is 11.6 Å². The fourth-order valence-corrected chi connectivity index (χ4v) is 2.72. The minimum Gasteiger partial charge on any atom is -0.334 e. The molecule has 1 aromatic carbocycles. The monoisotopic (exact) mass is 317 g/mol. The number of aryl methyl sites for hydroxylation is 1. The van der Waals surface area contributed by atoms with Crippen LogP contribution in [0.1, 0.15) is 36.5 Å². The average molecular weight is 317 g/mol. The Morgan fingerprint density at radius 3 is 2.83 bits per heavy atom. The van der Waals surface area contributed by atoms with E-state index in [1.165, 1.54) is 12.5 Å². The van der Waals surface area contributed by atoms with Crippen molar-refractivity contribution in [1.82, 2.24) is 25.4 Å². The van der Waals surface area contributed by atoms with Gasteiger partial charge >= 0.3 is 6.03 Å². The third kappa shape index (κ3) is 3.85. The lowest BCUT2D eigenvalue weighted by Gasteiger charge is -2.09. The summed E-state index contributed by atoms with van der Waals surface area (Å²) in [6, 6.07) is 6.03. The first kappa shape index (κ1) is 15.5. The van der Waals surface area contributed by atoms with E-state index in [9.17, 15) is 9.18 Å². The van der Waals surface area contributed by atoms with Crippen molar-refractivity contribution >= 4 is 6.03 Å². The summed E-state index contributed by atoms with van der Waals surface area (Å²) in [4.78, 5) is 11.9. The Balaban J connectivity index is 1.51. The topological polar surface area (TPSA) is 71.8 Å². The van der Waals surface area contributed by atoms with Crippen LogP contribution in [0.2, 0.25) is 0 Å². The molecular formula is C16H20FN5O. The number of carbonyl (C=O) groups excluding carboxylic acids is 1. The zero-order chi connectivity index (χ0) is 16.1. The largest absolute Gasteiger partial charge is 0.334 e. The van der Waals surface area contributed by atoms with E-state index in [2.05, 4.69) is 25.4 Å². The van der Waals surface area contributed by atoms with Crippen molar-refractivity contribution in [3.8, 4) is 0 Å². The summed E-state index contributed by atoms with van der Waals surface area (Å²) >= 11 is 0. The maximum atomic E-state index is 13.5. The molecule has 0 saturated heterocycles. The summed E-state index contributed by atoms with van der Waals surface area (Å²) in [5, 5.41) is 13.7. The van der Waals surface area contributed by atoms with Gasteiger partial charge in [-0.2, -0.15) is 0 Å². The van der Waals surface area contributed by atoms with Gasteiger partial charge in [-0.3, -0.25) is 0 Å². The van der Waals surface area contributed by atoms with E-state index >= 15 is 0 Å². The van der Waals surface area contributed by atoms with Crippen LogP contribution in [-0.4, -0.2) is 20.8 Å². The lowest BCUT2D eigenvalue weighted by Crippen LogP contribution is -2.35. The molecule has 2 heterocycles. The summed E-state index contributed by atoms with van der Waals surface area (Å²) < 4.78 is 15.6. The molecular weight excluding hydrogens is 297 g/mol. The third-order valence-electron chi connectivity index (χ3n) is 3.99. The minimum atomic E-state index is -0.348. The van der Waals surface area contributed by atoms with Crippen LogP contribution in [0.4, 0.5) is 9.18 Å². The van der Waals surface area contributed by atoms with Gasteiger partial charge in [-0.15, -0.1) is 10.2 Å². The maximum absolute atomic E-state index is 13.5. The number of nitrogens with zero attached hydrogens (tertiary/aromatic N) is 3. The molecule has 0 bridgehead atoms. The molecule has 2 N–H and O–H groups in total. The molecule has 122 valence electrons. The molecule has 0 unspecified atom stereocenters. The summed E-state index contributed by atoms with van der Waals surface area (Å²) in [6.07, 6.45) is 4.37. The minimum absolute atomic E-state index is 0.149. The number of halogens is 1. The van der Waals surface area contributed by atoms with Crippen molar-refractivity contribution in [3.05, 3.63) is 47.3 Å². The van der Waals surface area contributed by atoms with Crippen molar-refractivity contribution < 1.29 is 9.18 Å². The fraction of sp³-hybridized carbons (Fsp3) is 0.438. The number of hydrogen-bond acceptors (Lipinski definition) is 3. The summed E-state index contributed by atoms with van der Waals surface area (Å²) in [7, 11) is 0. The molecule has 3 rings (SSSR count). The summed E-state index contributed by atoms with van der Waals surface area (Å²) in [5.41, 5.74) is 0.457. The molecule has 0 atom stereocenters. The Kier molecular flexibility index (Phi) is 4.85. The van der Waals surface area contributed by atoms with E-state index in [0.717, 1.165) is 37.5 Å². The van der Waals surface area contributed by atoms with E-state index in [1.807, 2.05) is 0 Å². The van der Waals surface area contributed by atoms with E-state index in [4.69, 9.17) is 0 Å². The zero-order valence-electron chi connectivity index (χ0n) is 12.9. The molecule has 2 aromatic rings. The molecule has 0 radical (unpaired) electrons. The lowest BCUT2D eigenvalue weighted by atomic mass is 10.2. The van der Waals surface area contributed by atoms with Gasteiger partial charge in [0, 0.05) is 25.1 Å². The average Bonchev–Trinajstić information content (AvgIpc) is 2.78. The van der Waals surface area contributed by atoms with Crippen molar-refractivity contribution in [2.75, 3.05) is 0 Å². The second kappa shape index (κ2) is 7.21. The van der Waals surface area contributed by atoms with Gasteiger partial charge in [0.25, 0.3) is 0 Å². The maximum Gasteiger partial charge on any atom is 0.315 e. The van der Waals surface area contributed by atoms with Gasteiger partial charge in [-0.25, -0.2) is 9.18 Å². The summed E-state index contributed by atoms with van der Waals surface area (Å²) in [6.45, 7) is 1.36. The van der Waals surface area contributed by atoms with Crippen LogP contribution >= 0.6 is 0 Å². The highest BCUT2D eigenvalue weighted by molar-refractivity contribution is 5.73. The van der Waals surface area contributed by atoms with Crippen LogP contribution in [0.15, 0.2) is 24.3 Å². The van der Waals surface area contributed by atoms with Gasteiger partial charge in [0.05, 0.1) is 6.54 Å². The normalized spacial score (nSPS) is 14.0. The molecule has 1 aliphatic heterocycles. The van der Waals surface area contributed by atoms with Crippen LogP contribution in [0.5, 0.6) is 0 Å². The van der Waals surface area contributed by atoms with E-state index in [-0.39, 0.29) is 18.4 Å². The number of urea groups is 1. The molecule has 0 spiro atoms. The second-order valence-corrected chi connectivity index (χ2v) is 5.62. The van der Waals surface area contributed by atoms with Gasteiger partial charge in [-0.1, -0.05) is 24.6 Å². The smallest absolute Gasteiger partial charge is 0.315 e. The van der Waals surface area contributed by atoms with Gasteiger partial charge in [0.2, 0.25) is 0 Å². The molecule has 7 heteroatoms. The van der Waals surface area contributed by atoms with Crippen molar-refractivity contribution in [1.29, 1.82) is 0 Å². The molecule has 0 fully saturated rings. The van der Waals surface area contributed by atoms with Gasteiger partial charge < -0.3 is 15.2 Å². The molecule has 6 nitrogen and oxygen atoms in total. The third-order valence-corrected chi connectivity index (χ3v) is 3.99. The number of hydrogen-bond donors (Lipinski definition) is 2. The van der Waals surface area contributed by atoms with Crippen LogP contribution in [-0.2, 0) is 26.1 Å². The number of aromatic nitrogens is 3. The van der Waals surface area contributed by atoms with Crippen LogP contribution in [0, 0.1) is 5.82 Å². The molecule has 1 aromatic heterocycles. The Hall–Kier alpha value is -2.44. The first-order chi connectivity index (χ1) is 11.2. The highest BCUT2D eigenvalue weighted by atomic mass is 19.1. The second-order valence-electron chi connectivity index (χ2n) is 5.62. The fourth-order valence-electron chi connectivity index (χ4n) is 2.72. The number of nitrogens with one attached hydrogen (secondary N) is 2. The van der Waals surface area contributed by atoms with Crippen molar-refractivity contribution in [3.63, 3.8) is 0 Å². The summed E-state index contributed by atoms with van der Waals surface area (Å²) in [5.74, 6) is 1.43. The number of rotatable bonds is 4. The molecule has 0 saturated carbocycles. The highest BCUT2D eigenvalue weighted by Gasteiger charge is 2.15. The first-order valence-electron chi connectivity index (χ1n) is 7.90. The van der Waals surface area contributed by atoms with Gasteiger partial charge in [-0.05, 0) is 18.9 Å². The van der Waals surface area contributed by atoms with E-state index in [1.54, 1.807) is 18.2 Å². The predicted molar refractivity (Wildman–Crippen MR) is 83.1 cm³/mol. The molecule has 1 aliphatic rings. The Bertz CT molecular complexity index is 685. The predicted octanol–water partition coefficient (Wildman–Crippen LogP) is 2.14. The Labute approximate surface area is 134 Å². The number of amides is 2. The molecule has 2 amide bonds. The number of benzene rings is 1. The molecule has 23 heavy (non-hydrogen) atoms. The number of carbonyl (C=O) groups is 1. The SMILES string of the molecule is O=C(NCc1ccccc1F)NCc1nnc2n1CCCCC2. The Morgan fingerprint density at radius 2 is 1.96 bits per heavy atom. The molecule has 0 aliphatic carbocycles. The quantitative estimate of drug-likeness (QED) is 0.907. The number of fused-ring (bicyclic) bond motifs is 1. The lowest BCUT2D eigenvalue weighted by molar-refractivity contribution is 0.239. The van der Waals surface area contributed by atoms with Crippen molar-refractivity contribution in [2.45, 2.75) is 45.3 Å². The standard InChI is InChI=1S/C16H20FN5O/c17-13-7-4-3-6-12(13)10-18-16(23)19-11-15-21-20-14-8-2-1-5-9-22(14)15/h3-4,6-7H,1-2,5,8-11H2,(H2,18,19,23). The van der Waals surface area contributed by atoms with Crippen LogP contribution in [0.3, 0.4) is 0 Å². The van der Waals surface area contributed by atoms with Crippen LogP contribution in [0.25, 0.3) is 0 Å². The van der Waals surface area contributed by atoms with Crippen molar-refractivity contribution in [2.24, 2.45) is 0 Å². The first-order valence-corrected chi connectivity index (χ1v) is 7.90.